The van der Waals surface area contributed by atoms with E-state index in [2.05, 4.69) is 4.72 Å². The number of rotatable bonds is 8. The van der Waals surface area contributed by atoms with E-state index in [1.807, 2.05) is 6.07 Å². The molecule has 0 aliphatic carbocycles. The fraction of sp³-hybridized carbons (Fsp3) is 0.375. The van der Waals surface area contributed by atoms with E-state index in [1.165, 1.54) is 29.2 Å². The van der Waals surface area contributed by atoms with E-state index in [4.69, 9.17) is 10.4 Å². The largest absolute Gasteiger partial charge is 0.480 e. The van der Waals surface area contributed by atoms with Crippen molar-refractivity contribution in [1.29, 1.82) is 5.26 Å². The van der Waals surface area contributed by atoms with E-state index in [1.54, 1.807) is 0 Å². The molecule has 1 aliphatic heterocycles. The van der Waals surface area contributed by atoms with Gasteiger partial charge in [-0.15, -0.1) is 0 Å². The minimum Gasteiger partial charge on any atom is -0.480 e. The number of piperazine rings is 1. The van der Waals surface area contributed by atoms with Gasteiger partial charge in [-0.3, -0.25) is 14.4 Å². The molecule has 1 aromatic carbocycles. The number of nitrogens with zero attached hydrogens (tertiary/aromatic N) is 3. The van der Waals surface area contributed by atoms with Crippen LogP contribution in [0, 0.1) is 11.3 Å². The second-order valence-electron chi connectivity index (χ2n) is 5.80. The molecule has 2 rings (SSSR count). The molecule has 144 valence electrons. The third kappa shape index (κ3) is 5.25. The molecular formula is C16H18N4O6S. The van der Waals surface area contributed by atoms with E-state index in [-0.39, 0.29) is 37.5 Å². The van der Waals surface area contributed by atoms with Crippen molar-refractivity contribution < 1.29 is 27.9 Å². The molecule has 1 aromatic rings. The minimum atomic E-state index is -3.74. The second kappa shape index (κ2) is 8.61. The van der Waals surface area contributed by atoms with Crippen LogP contribution in [-0.2, 0) is 24.4 Å². The number of benzene rings is 1. The van der Waals surface area contributed by atoms with Crippen molar-refractivity contribution in [3.8, 4) is 6.07 Å². The van der Waals surface area contributed by atoms with Gasteiger partial charge in [0.1, 0.15) is 6.54 Å². The highest BCUT2D eigenvalue weighted by Gasteiger charge is 2.33. The van der Waals surface area contributed by atoms with Crippen molar-refractivity contribution in [1.82, 2.24) is 14.5 Å². The van der Waals surface area contributed by atoms with Gasteiger partial charge in [-0.25, -0.2) is 13.1 Å². The maximum Gasteiger partial charge on any atom is 0.323 e. The van der Waals surface area contributed by atoms with Crippen molar-refractivity contribution >= 4 is 27.8 Å². The average molecular weight is 394 g/mol. The minimum absolute atomic E-state index is 0.0232. The summed E-state index contributed by atoms with van der Waals surface area (Å²) < 4.78 is 26.7. The SMILES string of the molecule is N#Cc1ccc(S(=O)(=O)NCCCN2CCN(CC(=O)O)C(=O)C2=O)cc1. The highest BCUT2D eigenvalue weighted by atomic mass is 32.2. The number of carbonyl (C=O) groups excluding carboxylic acids is 2. The highest BCUT2D eigenvalue weighted by Crippen LogP contribution is 2.10. The molecule has 11 heteroatoms. The maximum atomic E-state index is 12.2. The summed E-state index contributed by atoms with van der Waals surface area (Å²) in [6.07, 6.45) is 0.285. The van der Waals surface area contributed by atoms with E-state index in [0.717, 1.165) is 4.90 Å². The predicted molar refractivity (Wildman–Crippen MR) is 91.8 cm³/mol. The number of amides is 2. The Kier molecular flexibility index (Phi) is 6.49. The Balaban J connectivity index is 1.82. The molecule has 0 aromatic heterocycles. The van der Waals surface area contributed by atoms with Crippen LogP contribution in [0.3, 0.4) is 0 Å². The van der Waals surface area contributed by atoms with Gasteiger partial charge in [-0.05, 0) is 30.7 Å². The quantitative estimate of drug-likeness (QED) is 0.423. The number of nitriles is 1. The first-order chi connectivity index (χ1) is 12.7. The summed E-state index contributed by atoms with van der Waals surface area (Å²) in [7, 11) is -3.74. The number of nitrogens with one attached hydrogen (secondary N) is 1. The molecule has 1 aliphatic rings. The number of carboxylic acids is 1. The van der Waals surface area contributed by atoms with Gasteiger partial charge in [-0.1, -0.05) is 0 Å². The van der Waals surface area contributed by atoms with Crippen molar-refractivity contribution in [2.24, 2.45) is 0 Å². The third-order valence-electron chi connectivity index (χ3n) is 3.91. The van der Waals surface area contributed by atoms with Crippen molar-refractivity contribution in [2.45, 2.75) is 11.3 Å². The van der Waals surface area contributed by atoms with Crippen molar-refractivity contribution in [3.05, 3.63) is 29.8 Å². The first kappa shape index (κ1) is 20.3. The van der Waals surface area contributed by atoms with Crippen LogP contribution in [0.2, 0.25) is 0 Å². The Bertz CT molecular complexity index is 875. The molecular weight excluding hydrogens is 376 g/mol. The fourth-order valence-electron chi connectivity index (χ4n) is 2.51. The zero-order valence-corrected chi connectivity index (χ0v) is 15.1. The lowest BCUT2D eigenvalue weighted by atomic mass is 10.2. The van der Waals surface area contributed by atoms with Gasteiger partial charge in [0.05, 0.1) is 16.5 Å². The highest BCUT2D eigenvalue weighted by molar-refractivity contribution is 7.89. The first-order valence-electron chi connectivity index (χ1n) is 8.04. The zero-order valence-electron chi connectivity index (χ0n) is 14.3. The van der Waals surface area contributed by atoms with E-state index >= 15 is 0 Å². The average Bonchev–Trinajstić information content (AvgIpc) is 2.64. The Labute approximate surface area is 156 Å². The lowest BCUT2D eigenvalue weighted by Gasteiger charge is -2.32. The van der Waals surface area contributed by atoms with Crippen LogP contribution in [0.1, 0.15) is 12.0 Å². The number of hydrogen-bond acceptors (Lipinski definition) is 6. The lowest BCUT2D eigenvalue weighted by molar-refractivity contribution is -0.158. The number of hydrogen-bond donors (Lipinski definition) is 2. The van der Waals surface area contributed by atoms with E-state index in [9.17, 15) is 22.8 Å². The molecule has 2 amide bonds. The van der Waals surface area contributed by atoms with Crippen molar-refractivity contribution in [3.63, 3.8) is 0 Å². The van der Waals surface area contributed by atoms with Gasteiger partial charge in [0, 0.05) is 26.2 Å². The number of carboxylic acid groups (broad SMARTS) is 1. The Morgan fingerprint density at radius 2 is 1.74 bits per heavy atom. The van der Waals surface area contributed by atoms with Crippen LogP contribution in [0.15, 0.2) is 29.2 Å². The maximum absolute atomic E-state index is 12.2. The molecule has 1 heterocycles. The van der Waals surface area contributed by atoms with Crippen LogP contribution in [0.25, 0.3) is 0 Å². The first-order valence-corrected chi connectivity index (χ1v) is 9.52. The van der Waals surface area contributed by atoms with Gasteiger partial charge < -0.3 is 14.9 Å². The summed E-state index contributed by atoms with van der Waals surface area (Å²) in [6, 6.07) is 7.34. The molecule has 0 unspecified atom stereocenters. The van der Waals surface area contributed by atoms with Crippen LogP contribution in [0.4, 0.5) is 0 Å². The summed E-state index contributed by atoms with van der Waals surface area (Å²) in [5.74, 6) is -2.86. The number of aliphatic carboxylic acids is 1. The summed E-state index contributed by atoms with van der Waals surface area (Å²) in [6.45, 7) is 0.0113. The molecule has 1 saturated heterocycles. The Morgan fingerprint density at radius 3 is 2.33 bits per heavy atom. The van der Waals surface area contributed by atoms with E-state index < -0.39 is 34.4 Å². The standard InChI is InChI=1S/C16H18N4O6S/c17-10-12-2-4-13(5-3-12)27(25,26)18-6-1-7-19-8-9-20(11-14(21)22)16(24)15(19)23/h2-5,18H,1,6-9,11H2,(H,21,22). The van der Waals surface area contributed by atoms with Crippen molar-refractivity contribution in [2.75, 3.05) is 32.7 Å². The monoisotopic (exact) mass is 394 g/mol. The Morgan fingerprint density at radius 1 is 1.15 bits per heavy atom. The van der Waals surface area contributed by atoms with Crippen LogP contribution in [-0.4, -0.2) is 73.8 Å². The molecule has 0 saturated carbocycles. The molecule has 27 heavy (non-hydrogen) atoms. The molecule has 0 spiro atoms. The summed E-state index contributed by atoms with van der Waals surface area (Å²) in [4.78, 5) is 36.7. The third-order valence-corrected chi connectivity index (χ3v) is 5.39. The van der Waals surface area contributed by atoms with E-state index in [0.29, 0.717) is 5.56 Å². The summed E-state index contributed by atoms with van der Waals surface area (Å²) in [5, 5.41) is 17.4. The number of carbonyl (C=O) groups is 3. The molecule has 1 fully saturated rings. The lowest BCUT2D eigenvalue weighted by Crippen LogP contribution is -2.55. The second-order valence-corrected chi connectivity index (χ2v) is 7.57. The normalized spacial score (nSPS) is 14.9. The summed E-state index contributed by atoms with van der Waals surface area (Å²) >= 11 is 0. The molecule has 0 bridgehead atoms. The molecule has 0 atom stereocenters. The smallest absolute Gasteiger partial charge is 0.323 e. The zero-order chi connectivity index (χ0) is 20.0. The Hall–Kier alpha value is -2.97. The predicted octanol–water partition coefficient (Wildman–Crippen LogP) is -1.02. The van der Waals surface area contributed by atoms with Crippen LogP contribution in [0.5, 0.6) is 0 Å². The fourth-order valence-corrected chi connectivity index (χ4v) is 3.59. The van der Waals surface area contributed by atoms with Gasteiger partial charge in [0.15, 0.2) is 0 Å². The van der Waals surface area contributed by atoms with Gasteiger partial charge in [-0.2, -0.15) is 5.26 Å². The summed E-state index contributed by atoms with van der Waals surface area (Å²) in [5.41, 5.74) is 0.346. The topological polar surface area (TPSA) is 148 Å². The van der Waals surface area contributed by atoms with Gasteiger partial charge in [0.25, 0.3) is 0 Å². The van der Waals surface area contributed by atoms with Gasteiger partial charge >= 0.3 is 17.8 Å². The number of sulfonamides is 1. The van der Waals surface area contributed by atoms with Crippen LogP contribution >= 0.6 is 0 Å². The molecule has 10 nitrogen and oxygen atoms in total. The molecule has 0 radical (unpaired) electrons. The van der Waals surface area contributed by atoms with Crippen LogP contribution < -0.4 is 4.72 Å². The molecule has 2 N–H and O–H groups in total. The van der Waals surface area contributed by atoms with Gasteiger partial charge in [0.2, 0.25) is 10.0 Å².